The molecule has 11 heteroatoms. The van der Waals surface area contributed by atoms with E-state index in [1.807, 2.05) is 0 Å². The van der Waals surface area contributed by atoms with Crippen molar-refractivity contribution >= 4 is 18.0 Å². The Labute approximate surface area is 126 Å². The molecule has 2 atom stereocenters. The van der Waals surface area contributed by atoms with Crippen LogP contribution in [0.5, 0.6) is 0 Å². The summed E-state index contributed by atoms with van der Waals surface area (Å²) in [6, 6.07) is -1.36. The van der Waals surface area contributed by atoms with Gasteiger partial charge in [-0.1, -0.05) is 0 Å². The number of hydrogen-bond donors (Lipinski definition) is 4. The molecule has 126 valence electrons. The van der Waals surface area contributed by atoms with Crippen LogP contribution in [0.25, 0.3) is 0 Å². The molecular formula is C11H21N5O6. The highest BCUT2D eigenvalue weighted by Gasteiger charge is 2.27. The largest absolute Gasteiger partial charge is 0.480 e. The first-order chi connectivity index (χ1) is 9.92. The van der Waals surface area contributed by atoms with E-state index in [1.165, 1.54) is 0 Å². The summed E-state index contributed by atoms with van der Waals surface area (Å²) in [6.07, 6.45) is -2.92. The molecule has 0 aliphatic carbocycles. The van der Waals surface area contributed by atoms with E-state index >= 15 is 0 Å². The van der Waals surface area contributed by atoms with Gasteiger partial charge in [-0.25, -0.2) is 9.59 Å². The summed E-state index contributed by atoms with van der Waals surface area (Å²) in [5.41, 5.74) is 9.33. The molecule has 0 aliphatic heterocycles. The quantitative estimate of drug-likeness (QED) is 0.212. The Bertz CT molecular complexity index is 454. The lowest BCUT2D eigenvalue weighted by Gasteiger charge is -2.22. The van der Waals surface area contributed by atoms with Crippen molar-refractivity contribution < 1.29 is 24.4 Å². The number of carboxylic acids is 1. The number of guanidine groups is 1. The number of hydrogen-bond acceptors (Lipinski definition) is 6. The Balaban J connectivity index is 4.72. The minimum Gasteiger partial charge on any atom is -0.480 e. The summed E-state index contributed by atoms with van der Waals surface area (Å²) in [4.78, 5) is 36.0. The van der Waals surface area contributed by atoms with Crippen LogP contribution in [0.4, 0.5) is 4.79 Å². The molecule has 0 aromatic rings. The molecule has 0 aliphatic rings. The summed E-state index contributed by atoms with van der Waals surface area (Å²) in [7, 11) is 0. The fourth-order valence-corrected chi connectivity index (χ4v) is 1.41. The molecule has 1 amide bonds. The maximum absolute atomic E-state index is 11.5. The van der Waals surface area contributed by atoms with Crippen LogP contribution in [-0.2, 0) is 9.53 Å². The van der Waals surface area contributed by atoms with Gasteiger partial charge in [-0.2, -0.15) is 4.99 Å². The Kier molecular flexibility index (Phi) is 7.06. The van der Waals surface area contributed by atoms with Crippen LogP contribution in [0.1, 0.15) is 33.6 Å². The van der Waals surface area contributed by atoms with E-state index in [0.29, 0.717) is 0 Å². The average Bonchev–Trinajstić information content (AvgIpc) is 2.29. The summed E-state index contributed by atoms with van der Waals surface area (Å²) < 4.78 is 4.92. The predicted octanol–water partition coefficient (Wildman–Crippen LogP) is -0.379. The number of nitrogens with one attached hydrogen (secondary N) is 1. The minimum atomic E-state index is -1.48. The van der Waals surface area contributed by atoms with Gasteiger partial charge in [0.05, 0.1) is 0 Å². The third-order valence-corrected chi connectivity index (χ3v) is 2.24. The predicted molar refractivity (Wildman–Crippen MR) is 76.6 cm³/mol. The zero-order valence-electron chi connectivity index (χ0n) is 12.6. The van der Waals surface area contributed by atoms with Gasteiger partial charge in [-0.05, 0) is 27.2 Å². The molecule has 0 radical (unpaired) electrons. The highest BCUT2D eigenvalue weighted by Crippen LogP contribution is 2.10. The van der Waals surface area contributed by atoms with Crippen LogP contribution in [0.15, 0.2) is 4.99 Å². The monoisotopic (exact) mass is 319 g/mol. The van der Waals surface area contributed by atoms with E-state index in [1.54, 1.807) is 20.8 Å². The smallest absolute Gasteiger partial charge is 0.408 e. The maximum Gasteiger partial charge on any atom is 0.408 e. The van der Waals surface area contributed by atoms with E-state index in [-0.39, 0.29) is 12.8 Å². The Morgan fingerprint density at radius 1 is 1.36 bits per heavy atom. The van der Waals surface area contributed by atoms with Crippen molar-refractivity contribution in [1.29, 1.82) is 0 Å². The number of aliphatic imine (C=N–C) groups is 1. The third-order valence-electron chi connectivity index (χ3n) is 2.24. The fraction of sp³-hybridized carbons (Fsp3) is 0.727. The molecule has 0 aromatic carbocycles. The van der Waals surface area contributed by atoms with Gasteiger partial charge in [0.15, 0.2) is 5.96 Å². The van der Waals surface area contributed by atoms with Crippen LogP contribution < -0.4 is 16.8 Å². The zero-order valence-corrected chi connectivity index (χ0v) is 12.6. The van der Waals surface area contributed by atoms with Gasteiger partial charge in [0.2, 0.25) is 0 Å². The van der Waals surface area contributed by atoms with Crippen LogP contribution in [0.2, 0.25) is 0 Å². The number of nitro groups is 1. The third kappa shape index (κ3) is 8.55. The van der Waals surface area contributed by atoms with Crippen LogP contribution in [-0.4, -0.2) is 45.9 Å². The number of carboxylic acid groups (broad SMARTS) is 1. The normalized spacial score (nSPS) is 13.6. The van der Waals surface area contributed by atoms with Gasteiger partial charge >= 0.3 is 18.2 Å². The molecule has 11 nitrogen and oxygen atoms in total. The van der Waals surface area contributed by atoms with Crippen molar-refractivity contribution in [2.45, 2.75) is 51.4 Å². The highest BCUT2D eigenvalue weighted by molar-refractivity contribution is 5.80. The molecule has 0 bridgehead atoms. The van der Waals surface area contributed by atoms with E-state index < -0.39 is 40.8 Å². The van der Waals surface area contributed by atoms with Gasteiger partial charge in [-0.15, -0.1) is 0 Å². The highest BCUT2D eigenvalue weighted by atomic mass is 16.6. The molecule has 0 unspecified atom stereocenters. The Hall–Kier alpha value is -2.59. The Morgan fingerprint density at radius 3 is 2.27 bits per heavy atom. The molecule has 0 rings (SSSR count). The minimum absolute atomic E-state index is 0.239. The fourth-order valence-electron chi connectivity index (χ4n) is 1.41. The summed E-state index contributed by atoms with van der Waals surface area (Å²) in [6.45, 7) is 4.84. The second-order valence-electron chi connectivity index (χ2n) is 5.43. The number of carbonyl (C=O) groups excluding carboxylic acids is 1. The molecule has 0 spiro atoms. The number of carbonyl (C=O) groups is 2. The van der Waals surface area contributed by atoms with Crippen molar-refractivity contribution in [3.05, 3.63) is 10.1 Å². The summed E-state index contributed by atoms with van der Waals surface area (Å²) in [5.74, 6) is -1.83. The van der Waals surface area contributed by atoms with Crippen molar-refractivity contribution in [3.8, 4) is 0 Å². The van der Waals surface area contributed by atoms with E-state index in [2.05, 4.69) is 10.3 Å². The number of nitrogens with two attached hydrogens (primary N) is 2. The number of alkyl carbamates (subject to hydrolysis) is 1. The lowest BCUT2D eigenvalue weighted by atomic mass is 10.1. The molecule has 0 aromatic heterocycles. The molecule has 22 heavy (non-hydrogen) atoms. The van der Waals surface area contributed by atoms with Crippen molar-refractivity contribution in [2.75, 3.05) is 0 Å². The van der Waals surface area contributed by atoms with Gasteiger partial charge in [0.1, 0.15) is 11.6 Å². The lowest BCUT2D eigenvalue weighted by Crippen LogP contribution is -2.44. The molecule has 6 N–H and O–H groups in total. The zero-order chi connectivity index (χ0) is 17.5. The van der Waals surface area contributed by atoms with Gasteiger partial charge in [0.25, 0.3) is 0 Å². The molecule has 0 saturated carbocycles. The summed E-state index contributed by atoms with van der Waals surface area (Å²) >= 11 is 0. The van der Waals surface area contributed by atoms with E-state index in [9.17, 15) is 19.7 Å². The SMILES string of the molecule is CC(C)(C)OC(=O)N[C@@H](CC[C@@H](N=C(N)N)[N+](=O)[O-])C(=O)O. The second kappa shape index (κ2) is 8.00. The number of aliphatic carboxylic acids is 1. The van der Waals surface area contributed by atoms with Crippen LogP contribution >= 0.6 is 0 Å². The van der Waals surface area contributed by atoms with Crippen LogP contribution in [0, 0.1) is 10.1 Å². The first-order valence-electron chi connectivity index (χ1n) is 6.37. The average molecular weight is 319 g/mol. The Morgan fingerprint density at radius 2 is 1.91 bits per heavy atom. The molecule has 0 fully saturated rings. The lowest BCUT2D eigenvalue weighted by molar-refractivity contribution is -0.521. The summed E-state index contributed by atoms with van der Waals surface area (Å²) in [5, 5.41) is 21.9. The van der Waals surface area contributed by atoms with Gasteiger partial charge in [0, 0.05) is 11.3 Å². The van der Waals surface area contributed by atoms with Crippen molar-refractivity contribution in [1.82, 2.24) is 5.32 Å². The number of rotatable bonds is 7. The van der Waals surface area contributed by atoms with Crippen molar-refractivity contribution in [3.63, 3.8) is 0 Å². The first kappa shape index (κ1) is 19.4. The molecule has 0 heterocycles. The van der Waals surface area contributed by atoms with Gasteiger partial charge in [-0.3, -0.25) is 10.1 Å². The number of nitrogens with zero attached hydrogens (tertiary/aromatic N) is 2. The van der Waals surface area contributed by atoms with Crippen LogP contribution in [0.3, 0.4) is 0 Å². The first-order valence-corrected chi connectivity index (χ1v) is 6.37. The maximum atomic E-state index is 11.5. The standard InChI is InChI=1S/C11H21N5O6/c1-11(2,3)22-10(19)14-6(8(17)18)4-5-7(16(20)21)15-9(12)13/h6-7H,4-5H2,1-3H3,(H,14,19)(H,17,18)(H4,12,13,15)/t6-,7-/m0/s1. The van der Waals surface area contributed by atoms with Crippen molar-refractivity contribution in [2.24, 2.45) is 16.5 Å². The second-order valence-corrected chi connectivity index (χ2v) is 5.43. The number of amides is 1. The number of ether oxygens (including phenoxy) is 1. The van der Waals surface area contributed by atoms with E-state index in [4.69, 9.17) is 21.3 Å². The molecular weight excluding hydrogens is 298 g/mol. The van der Waals surface area contributed by atoms with E-state index in [0.717, 1.165) is 0 Å². The topological polar surface area (TPSA) is 183 Å². The molecule has 0 saturated heterocycles. The van der Waals surface area contributed by atoms with Gasteiger partial charge < -0.3 is 26.6 Å².